The van der Waals surface area contributed by atoms with Crippen LogP contribution < -0.4 is 11.1 Å². The molecule has 0 bridgehead atoms. The summed E-state index contributed by atoms with van der Waals surface area (Å²) in [7, 11) is 0. The Balaban J connectivity index is 2.31. The van der Waals surface area contributed by atoms with Crippen LogP contribution in [0, 0.1) is 6.92 Å². The molecule has 1 heterocycles. The summed E-state index contributed by atoms with van der Waals surface area (Å²) >= 11 is 5.99. The molecule has 0 saturated heterocycles. The number of benzene rings is 1. The summed E-state index contributed by atoms with van der Waals surface area (Å²) in [6, 6.07) is 5.56. The first-order valence-corrected chi connectivity index (χ1v) is 5.01. The molecular formula is C10H10ClN5. The van der Waals surface area contributed by atoms with Crippen LogP contribution in [0.15, 0.2) is 24.5 Å². The van der Waals surface area contributed by atoms with Crippen LogP contribution in [0.1, 0.15) is 5.56 Å². The van der Waals surface area contributed by atoms with Crippen molar-refractivity contribution in [3.05, 3.63) is 35.1 Å². The number of rotatable bonds is 2. The zero-order chi connectivity index (χ0) is 11.5. The largest absolute Gasteiger partial charge is 0.368 e. The fourth-order valence-electron chi connectivity index (χ4n) is 1.23. The van der Waals surface area contributed by atoms with Crippen LogP contribution >= 0.6 is 11.6 Å². The normalized spacial score (nSPS) is 10.1. The Bertz CT molecular complexity index is 514. The zero-order valence-electron chi connectivity index (χ0n) is 8.61. The van der Waals surface area contributed by atoms with Gasteiger partial charge in [-0.1, -0.05) is 17.7 Å². The average Bonchev–Trinajstić information content (AvgIpc) is 2.25. The molecule has 0 fully saturated rings. The number of nitrogens with two attached hydrogens (primary N) is 1. The lowest BCUT2D eigenvalue weighted by Crippen LogP contribution is -2.02. The number of hydrogen-bond acceptors (Lipinski definition) is 5. The summed E-state index contributed by atoms with van der Waals surface area (Å²) in [6.07, 6.45) is 1.35. The first-order valence-electron chi connectivity index (χ1n) is 4.63. The molecule has 0 radical (unpaired) electrons. The van der Waals surface area contributed by atoms with Gasteiger partial charge in [-0.25, -0.2) is 9.97 Å². The van der Waals surface area contributed by atoms with Crippen molar-refractivity contribution in [3.63, 3.8) is 0 Å². The fraction of sp³-hybridized carbons (Fsp3) is 0.100. The van der Waals surface area contributed by atoms with Gasteiger partial charge in [0.25, 0.3) is 0 Å². The minimum absolute atomic E-state index is 0.178. The molecule has 0 spiro atoms. The van der Waals surface area contributed by atoms with E-state index < -0.39 is 0 Å². The van der Waals surface area contributed by atoms with Gasteiger partial charge in [0.2, 0.25) is 11.9 Å². The van der Waals surface area contributed by atoms with Crippen LogP contribution in [0.2, 0.25) is 5.02 Å². The molecule has 6 heteroatoms. The summed E-state index contributed by atoms with van der Waals surface area (Å²) in [4.78, 5) is 11.6. The molecule has 1 aromatic heterocycles. The minimum Gasteiger partial charge on any atom is -0.368 e. The molecule has 5 nitrogen and oxygen atoms in total. The third kappa shape index (κ3) is 2.20. The van der Waals surface area contributed by atoms with Crippen molar-refractivity contribution in [2.75, 3.05) is 11.1 Å². The molecule has 0 aliphatic rings. The SMILES string of the molecule is Cc1c(Cl)cccc1Nc1ncnc(N)n1. The second-order valence-corrected chi connectivity index (χ2v) is 3.61. The van der Waals surface area contributed by atoms with E-state index in [1.54, 1.807) is 0 Å². The van der Waals surface area contributed by atoms with Crippen molar-refractivity contribution in [1.82, 2.24) is 15.0 Å². The van der Waals surface area contributed by atoms with E-state index in [4.69, 9.17) is 17.3 Å². The van der Waals surface area contributed by atoms with Crippen molar-refractivity contribution >= 4 is 29.2 Å². The predicted molar refractivity (Wildman–Crippen MR) is 63.7 cm³/mol. The lowest BCUT2D eigenvalue weighted by atomic mass is 10.2. The van der Waals surface area contributed by atoms with E-state index >= 15 is 0 Å². The van der Waals surface area contributed by atoms with Crippen LogP contribution in [0.4, 0.5) is 17.6 Å². The van der Waals surface area contributed by atoms with Crippen molar-refractivity contribution < 1.29 is 0 Å². The van der Waals surface area contributed by atoms with Gasteiger partial charge in [0.1, 0.15) is 6.33 Å². The standard InChI is InChI=1S/C10H10ClN5/c1-6-7(11)3-2-4-8(6)15-10-14-5-13-9(12)16-10/h2-5H,1H3,(H3,12,13,14,15,16). The molecule has 82 valence electrons. The molecule has 16 heavy (non-hydrogen) atoms. The number of hydrogen-bond donors (Lipinski definition) is 2. The molecule has 0 atom stereocenters. The number of anilines is 3. The van der Waals surface area contributed by atoms with E-state index in [2.05, 4.69) is 20.3 Å². The van der Waals surface area contributed by atoms with Gasteiger partial charge in [0.05, 0.1) is 0 Å². The summed E-state index contributed by atoms with van der Waals surface area (Å²) in [5, 5.41) is 3.71. The fourth-order valence-corrected chi connectivity index (χ4v) is 1.41. The molecule has 0 amide bonds. The highest BCUT2D eigenvalue weighted by Crippen LogP contribution is 2.24. The second kappa shape index (κ2) is 4.32. The molecule has 2 aromatic rings. The Morgan fingerprint density at radius 3 is 2.88 bits per heavy atom. The molecule has 2 rings (SSSR count). The average molecular weight is 236 g/mol. The van der Waals surface area contributed by atoms with Crippen LogP contribution in [0.3, 0.4) is 0 Å². The summed E-state index contributed by atoms with van der Waals surface area (Å²) in [5.41, 5.74) is 7.23. The van der Waals surface area contributed by atoms with Gasteiger partial charge in [-0.3, -0.25) is 0 Å². The molecule has 0 aliphatic heterocycles. The smallest absolute Gasteiger partial charge is 0.231 e. The van der Waals surface area contributed by atoms with Gasteiger partial charge >= 0.3 is 0 Å². The Labute approximate surface area is 97.7 Å². The Hall–Kier alpha value is -1.88. The first-order chi connectivity index (χ1) is 7.66. The van der Waals surface area contributed by atoms with Gasteiger partial charge in [-0.2, -0.15) is 4.98 Å². The molecule has 1 aromatic carbocycles. The van der Waals surface area contributed by atoms with Crippen LogP contribution in [-0.2, 0) is 0 Å². The zero-order valence-corrected chi connectivity index (χ0v) is 9.36. The third-order valence-corrected chi connectivity index (χ3v) is 2.51. The molecular weight excluding hydrogens is 226 g/mol. The highest BCUT2D eigenvalue weighted by Gasteiger charge is 2.04. The highest BCUT2D eigenvalue weighted by atomic mass is 35.5. The Morgan fingerprint density at radius 2 is 2.12 bits per heavy atom. The topological polar surface area (TPSA) is 76.7 Å². The maximum atomic E-state index is 5.99. The number of nitrogen functional groups attached to an aromatic ring is 1. The Morgan fingerprint density at radius 1 is 1.31 bits per heavy atom. The van der Waals surface area contributed by atoms with Gasteiger partial charge in [0, 0.05) is 10.7 Å². The van der Waals surface area contributed by atoms with Gasteiger partial charge < -0.3 is 11.1 Å². The van der Waals surface area contributed by atoms with E-state index in [9.17, 15) is 0 Å². The Kier molecular flexibility index (Phi) is 2.87. The number of halogens is 1. The van der Waals surface area contributed by atoms with Gasteiger partial charge in [0.15, 0.2) is 0 Å². The van der Waals surface area contributed by atoms with Crippen molar-refractivity contribution in [3.8, 4) is 0 Å². The third-order valence-electron chi connectivity index (χ3n) is 2.10. The van der Waals surface area contributed by atoms with Crippen LogP contribution in [0.25, 0.3) is 0 Å². The summed E-state index contributed by atoms with van der Waals surface area (Å²) in [6.45, 7) is 1.91. The molecule has 3 N–H and O–H groups in total. The number of aromatic nitrogens is 3. The van der Waals surface area contributed by atoms with Crippen molar-refractivity contribution in [1.29, 1.82) is 0 Å². The number of nitrogens with one attached hydrogen (secondary N) is 1. The quantitative estimate of drug-likeness (QED) is 0.834. The lowest BCUT2D eigenvalue weighted by Gasteiger charge is -2.08. The maximum absolute atomic E-state index is 5.99. The van der Waals surface area contributed by atoms with Crippen molar-refractivity contribution in [2.45, 2.75) is 6.92 Å². The van der Waals surface area contributed by atoms with Crippen LogP contribution in [-0.4, -0.2) is 15.0 Å². The van der Waals surface area contributed by atoms with E-state index in [1.165, 1.54) is 6.33 Å². The van der Waals surface area contributed by atoms with E-state index in [1.807, 2.05) is 25.1 Å². The molecule has 0 unspecified atom stereocenters. The summed E-state index contributed by atoms with van der Waals surface area (Å²) < 4.78 is 0. The van der Waals surface area contributed by atoms with Crippen molar-refractivity contribution in [2.24, 2.45) is 0 Å². The minimum atomic E-state index is 0.178. The van der Waals surface area contributed by atoms with Gasteiger partial charge in [-0.15, -0.1) is 0 Å². The predicted octanol–water partition coefficient (Wildman–Crippen LogP) is 2.16. The molecule has 0 aliphatic carbocycles. The molecule has 0 saturated carbocycles. The second-order valence-electron chi connectivity index (χ2n) is 3.20. The monoisotopic (exact) mass is 235 g/mol. The summed E-state index contributed by atoms with van der Waals surface area (Å²) in [5.74, 6) is 0.579. The lowest BCUT2D eigenvalue weighted by molar-refractivity contribution is 1.07. The highest BCUT2D eigenvalue weighted by molar-refractivity contribution is 6.31. The van der Waals surface area contributed by atoms with E-state index in [0.29, 0.717) is 11.0 Å². The van der Waals surface area contributed by atoms with Gasteiger partial charge in [-0.05, 0) is 24.6 Å². The first kappa shape index (κ1) is 10.6. The number of nitrogens with zero attached hydrogens (tertiary/aromatic N) is 3. The van der Waals surface area contributed by atoms with Crippen LogP contribution in [0.5, 0.6) is 0 Å². The van der Waals surface area contributed by atoms with E-state index in [-0.39, 0.29) is 5.95 Å². The maximum Gasteiger partial charge on any atom is 0.231 e. The van der Waals surface area contributed by atoms with E-state index in [0.717, 1.165) is 11.3 Å².